The Balaban J connectivity index is 1.70. The summed E-state index contributed by atoms with van der Waals surface area (Å²) in [5.41, 5.74) is -0.205. The average Bonchev–Trinajstić information content (AvgIpc) is 2.64. The van der Waals surface area contributed by atoms with Gasteiger partial charge in [-0.2, -0.15) is 0 Å². The Bertz CT molecular complexity index is 905. The van der Waals surface area contributed by atoms with Crippen molar-refractivity contribution in [3.63, 3.8) is 0 Å². The second-order valence-electron chi connectivity index (χ2n) is 6.40. The van der Waals surface area contributed by atoms with Crippen molar-refractivity contribution >= 4 is 16.0 Å². The molecule has 2 aromatic heterocycles. The van der Waals surface area contributed by atoms with E-state index in [4.69, 9.17) is 0 Å². The fourth-order valence-corrected chi connectivity index (χ4v) is 3.79. The molecule has 0 aromatic carbocycles. The third-order valence-corrected chi connectivity index (χ3v) is 6.23. The lowest BCUT2D eigenvalue weighted by Crippen LogP contribution is -3.14. The molecule has 9 nitrogen and oxygen atoms in total. The van der Waals surface area contributed by atoms with Gasteiger partial charge in [-0.1, -0.05) is 0 Å². The molecule has 1 aliphatic heterocycles. The van der Waals surface area contributed by atoms with E-state index in [2.05, 4.69) is 14.9 Å². The van der Waals surface area contributed by atoms with Gasteiger partial charge in [0.2, 0.25) is 16.0 Å². The molecule has 0 saturated carbocycles. The highest BCUT2D eigenvalue weighted by molar-refractivity contribution is 7.89. The Labute approximate surface area is 152 Å². The number of pyridine rings is 1. The van der Waals surface area contributed by atoms with E-state index < -0.39 is 10.0 Å². The summed E-state index contributed by atoms with van der Waals surface area (Å²) in [6.07, 6.45) is 4.87. The minimum absolute atomic E-state index is 0.123. The first-order valence-electron chi connectivity index (χ1n) is 8.36. The van der Waals surface area contributed by atoms with E-state index >= 15 is 0 Å². The van der Waals surface area contributed by atoms with Crippen molar-refractivity contribution in [3.8, 4) is 0 Å². The van der Waals surface area contributed by atoms with E-state index in [9.17, 15) is 13.2 Å². The highest BCUT2D eigenvalue weighted by Gasteiger charge is 2.23. The Morgan fingerprint density at radius 3 is 2.42 bits per heavy atom. The quantitative estimate of drug-likeness (QED) is 0.662. The number of aromatic nitrogens is 3. The van der Waals surface area contributed by atoms with Crippen LogP contribution in [0.4, 0.5) is 5.95 Å². The number of nitrogens with zero attached hydrogens (tertiary/aromatic N) is 5. The van der Waals surface area contributed by atoms with Gasteiger partial charge >= 0.3 is 0 Å². The van der Waals surface area contributed by atoms with Gasteiger partial charge in [-0.25, -0.2) is 22.7 Å². The maximum absolute atomic E-state index is 12.3. The molecule has 3 heterocycles. The largest absolute Gasteiger partial charge is 0.330 e. The smallest absolute Gasteiger partial charge is 0.254 e. The summed E-state index contributed by atoms with van der Waals surface area (Å²) in [5.74, 6) is 0.711. The van der Waals surface area contributed by atoms with Gasteiger partial charge in [0.25, 0.3) is 5.56 Å². The predicted molar refractivity (Wildman–Crippen MR) is 96.5 cm³/mol. The maximum Gasteiger partial charge on any atom is 0.254 e. The first kappa shape index (κ1) is 18.5. The van der Waals surface area contributed by atoms with E-state index in [0.29, 0.717) is 12.6 Å². The topological polar surface area (TPSA) is 92.8 Å². The summed E-state index contributed by atoms with van der Waals surface area (Å²) in [4.78, 5) is 24.1. The third kappa shape index (κ3) is 3.92. The molecule has 0 bridgehead atoms. The van der Waals surface area contributed by atoms with Crippen LogP contribution in [0.1, 0.15) is 0 Å². The van der Waals surface area contributed by atoms with E-state index in [0.717, 1.165) is 30.5 Å². The van der Waals surface area contributed by atoms with Crippen LogP contribution in [0.3, 0.4) is 0 Å². The van der Waals surface area contributed by atoms with Gasteiger partial charge in [0.05, 0.1) is 31.1 Å². The first-order valence-corrected chi connectivity index (χ1v) is 9.80. The maximum atomic E-state index is 12.3. The molecule has 0 aliphatic carbocycles. The minimum Gasteiger partial charge on any atom is -0.330 e. The molecule has 2 aromatic rings. The predicted octanol–water partition coefficient (Wildman–Crippen LogP) is -1.75. The number of hydrogen-bond acceptors (Lipinski definition) is 6. The summed E-state index contributed by atoms with van der Waals surface area (Å²) >= 11 is 0. The molecule has 1 saturated heterocycles. The standard InChI is InChI=1S/C16H22N6O3S/c1-19(2)26(24,25)14-4-5-15(23)22(12-14)13-20-8-10-21(11-9-20)16-17-6-3-7-18-16/h3-7,12H,8-11,13H2,1-2H3/p+1. The van der Waals surface area contributed by atoms with Crippen LogP contribution in [0.15, 0.2) is 46.5 Å². The number of sulfonamides is 1. The molecular weight excluding hydrogens is 356 g/mol. The average molecular weight is 379 g/mol. The van der Waals surface area contributed by atoms with Crippen LogP contribution in [-0.4, -0.2) is 67.5 Å². The van der Waals surface area contributed by atoms with Gasteiger partial charge in [0, 0.05) is 38.8 Å². The second-order valence-corrected chi connectivity index (χ2v) is 8.56. The number of nitrogens with one attached hydrogen (secondary N) is 1. The molecule has 0 radical (unpaired) electrons. The van der Waals surface area contributed by atoms with Crippen molar-refractivity contribution in [2.45, 2.75) is 11.6 Å². The van der Waals surface area contributed by atoms with Crippen molar-refractivity contribution in [2.24, 2.45) is 0 Å². The molecule has 1 N–H and O–H groups in total. The number of hydrogen-bond donors (Lipinski definition) is 1. The fraction of sp³-hybridized carbons (Fsp3) is 0.438. The molecule has 1 aliphatic rings. The third-order valence-electron chi connectivity index (χ3n) is 4.43. The molecule has 0 atom stereocenters. The minimum atomic E-state index is -3.56. The monoisotopic (exact) mass is 379 g/mol. The van der Waals surface area contributed by atoms with Gasteiger partial charge in [0.1, 0.15) is 0 Å². The Kier molecular flexibility index (Phi) is 5.35. The summed E-state index contributed by atoms with van der Waals surface area (Å²) in [6.45, 7) is 3.62. The van der Waals surface area contributed by atoms with Gasteiger partial charge < -0.3 is 9.80 Å². The molecule has 10 heteroatoms. The van der Waals surface area contributed by atoms with Crippen LogP contribution >= 0.6 is 0 Å². The highest BCUT2D eigenvalue weighted by atomic mass is 32.2. The second kappa shape index (κ2) is 7.52. The van der Waals surface area contributed by atoms with Crippen molar-refractivity contribution in [1.82, 2.24) is 18.8 Å². The lowest BCUT2D eigenvalue weighted by Gasteiger charge is -2.32. The number of piperazine rings is 1. The summed E-state index contributed by atoms with van der Waals surface area (Å²) < 4.78 is 27.2. The Morgan fingerprint density at radius 1 is 1.15 bits per heavy atom. The van der Waals surface area contributed by atoms with E-state index in [-0.39, 0.29) is 10.5 Å². The van der Waals surface area contributed by atoms with Crippen molar-refractivity contribution < 1.29 is 13.3 Å². The van der Waals surface area contributed by atoms with Crippen molar-refractivity contribution in [3.05, 3.63) is 47.1 Å². The van der Waals surface area contributed by atoms with Crippen molar-refractivity contribution in [1.29, 1.82) is 0 Å². The molecule has 0 amide bonds. The van der Waals surface area contributed by atoms with E-state index in [1.165, 1.54) is 41.9 Å². The number of anilines is 1. The molecule has 0 spiro atoms. The fourth-order valence-electron chi connectivity index (χ4n) is 2.87. The highest BCUT2D eigenvalue weighted by Crippen LogP contribution is 2.10. The van der Waals surface area contributed by atoms with E-state index in [1.54, 1.807) is 18.5 Å². The lowest BCUT2D eigenvalue weighted by atomic mass is 10.3. The van der Waals surface area contributed by atoms with Crippen LogP contribution < -0.4 is 15.4 Å². The van der Waals surface area contributed by atoms with Gasteiger partial charge in [0.15, 0.2) is 6.67 Å². The lowest BCUT2D eigenvalue weighted by molar-refractivity contribution is -0.923. The normalized spacial score (nSPS) is 16.2. The molecule has 140 valence electrons. The zero-order valence-electron chi connectivity index (χ0n) is 14.9. The van der Waals surface area contributed by atoms with Crippen LogP contribution in [-0.2, 0) is 16.7 Å². The SMILES string of the molecule is CN(C)S(=O)(=O)c1ccc(=O)n(C[NH+]2CCN(c3ncccn3)CC2)c1. The van der Waals surface area contributed by atoms with Gasteiger partial charge in [-0.15, -0.1) is 0 Å². The zero-order chi connectivity index (χ0) is 18.7. The summed E-state index contributed by atoms with van der Waals surface area (Å²) in [6, 6.07) is 4.45. The Morgan fingerprint density at radius 2 is 1.81 bits per heavy atom. The molecule has 0 unspecified atom stereocenters. The number of rotatable bonds is 5. The van der Waals surface area contributed by atoms with Crippen LogP contribution in [0.2, 0.25) is 0 Å². The number of quaternary nitrogens is 1. The molecule has 1 fully saturated rings. The zero-order valence-corrected chi connectivity index (χ0v) is 15.7. The van der Waals surface area contributed by atoms with Crippen LogP contribution in [0, 0.1) is 0 Å². The Hall–Kier alpha value is -2.30. The van der Waals surface area contributed by atoms with Gasteiger partial charge in [-0.3, -0.25) is 9.36 Å². The van der Waals surface area contributed by atoms with Gasteiger partial charge in [-0.05, 0) is 12.1 Å². The molecule has 3 rings (SSSR count). The van der Waals surface area contributed by atoms with Crippen LogP contribution in [0.5, 0.6) is 0 Å². The summed E-state index contributed by atoms with van der Waals surface area (Å²) in [5, 5.41) is 0. The van der Waals surface area contributed by atoms with Crippen molar-refractivity contribution in [2.75, 3.05) is 45.2 Å². The summed E-state index contributed by atoms with van der Waals surface area (Å²) in [7, 11) is -0.616. The van der Waals surface area contributed by atoms with E-state index in [1.807, 2.05) is 0 Å². The molecule has 26 heavy (non-hydrogen) atoms. The molecular formula is C16H23N6O3S+. The first-order chi connectivity index (χ1) is 12.4. The van der Waals surface area contributed by atoms with Crippen LogP contribution in [0.25, 0.3) is 0 Å².